The van der Waals surface area contributed by atoms with Crippen molar-refractivity contribution in [1.82, 2.24) is 9.71 Å². The third-order valence-corrected chi connectivity index (χ3v) is 8.12. The molecule has 41 heavy (non-hydrogen) atoms. The van der Waals surface area contributed by atoms with Gasteiger partial charge in [0.05, 0.1) is 21.4 Å². The lowest BCUT2D eigenvalue weighted by molar-refractivity contribution is -0.519. The fourth-order valence-corrected chi connectivity index (χ4v) is 5.04. The summed E-state index contributed by atoms with van der Waals surface area (Å²) in [6.07, 6.45) is -2.25. The molecule has 1 aromatic heterocycles. The SMILES string of the molecule is CC(C)(C)S(=O)NC1(C=Cc2ccccc2)COc2c1cc(C(O)(C[N+](=O)[O-])C(F)(F)F)nc2-c1ccc(F)cc1. The van der Waals surface area contributed by atoms with E-state index in [2.05, 4.69) is 9.71 Å². The number of fused-ring (bicyclic) bond motifs is 1. The number of hydrogen-bond acceptors (Lipinski definition) is 6. The quantitative estimate of drug-likeness (QED) is 0.209. The van der Waals surface area contributed by atoms with E-state index in [4.69, 9.17) is 4.74 Å². The Morgan fingerprint density at radius 1 is 1.15 bits per heavy atom. The lowest BCUT2D eigenvalue weighted by Gasteiger charge is -2.31. The third-order valence-electron chi connectivity index (χ3n) is 6.46. The molecule has 13 heteroatoms. The van der Waals surface area contributed by atoms with Crippen molar-refractivity contribution in [2.45, 2.75) is 42.8 Å². The average Bonchev–Trinajstić information content (AvgIpc) is 3.25. The molecule has 1 aliphatic rings. The maximum atomic E-state index is 14.3. The molecule has 0 saturated heterocycles. The molecule has 2 aromatic carbocycles. The highest BCUT2D eigenvalue weighted by atomic mass is 32.2. The number of nitrogens with one attached hydrogen (secondary N) is 1. The van der Waals surface area contributed by atoms with E-state index in [0.717, 1.165) is 23.8 Å². The highest BCUT2D eigenvalue weighted by molar-refractivity contribution is 7.84. The Morgan fingerprint density at radius 2 is 1.78 bits per heavy atom. The molecule has 3 atom stereocenters. The van der Waals surface area contributed by atoms with Crippen LogP contribution in [0.3, 0.4) is 0 Å². The van der Waals surface area contributed by atoms with Crippen LogP contribution in [0.5, 0.6) is 5.75 Å². The van der Waals surface area contributed by atoms with Gasteiger partial charge >= 0.3 is 6.18 Å². The minimum absolute atomic E-state index is 0.0117. The van der Waals surface area contributed by atoms with Gasteiger partial charge in [0, 0.05) is 16.1 Å². The number of alkyl halides is 3. The summed E-state index contributed by atoms with van der Waals surface area (Å²) in [5.74, 6) is -0.632. The van der Waals surface area contributed by atoms with Crippen molar-refractivity contribution in [3.05, 3.63) is 99.5 Å². The van der Waals surface area contributed by atoms with Crippen LogP contribution in [0.1, 0.15) is 37.6 Å². The number of ether oxygens (including phenoxy) is 1. The van der Waals surface area contributed by atoms with Gasteiger partial charge in [0.25, 0.3) is 5.60 Å². The first-order valence-corrected chi connectivity index (χ1v) is 13.5. The number of halogens is 4. The molecular formula is C28H27F4N3O5S. The van der Waals surface area contributed by atoms with Gasteiger partial charge in [-0.1, -0.05) is 42.5 Å². The Bertz CT molecular complexity index is 1490. The van der Waals surface area contributed by atoms with E-state index in [-0.39, 0.29) is 29.2 Å². The first kappa shape index (κ1) is 30.3. The standard InChI is InChI=1S/C28H27F4N3O5S/c1-25(2,3)41(39)34-26(14-13-18-7-5-4-6-8-18)17-40-24-21(26)15-22(27(36,16-35(37)38)28(30,31)32)33-23(24)19-9-11-20(29)12-10-19/h4-15,34,36H,16-17H2,1-3H3. The Kier molecular flexibility index (Phi) is 8.09. The summed E-state index contributed by atoms with van der Waals surface area (Å²) in [4.78, 5) is 14.0. The van der Waals surface area contributed by atoms with Gasteiger partial charge in [-0.2, -0.15) is 13.2 Å². The molecule has 0 fully saturated rings. The van der Waals surface area contributed by atoms with Crippen LogP contribution in [0.2, 0.25) is 0 Å². The average molecular weight is 594 g/mol. The van der Waals surface area contributed by atoms with Gasteiger partial charge in [0.2, 0.25) is 6.54 Å². The number of hydrogen-bond donors (Lipinski definition) is 2. The Hall–Kier alpha value is -3.68. The number of nitro groups is 1. The van der Waals surface area contributed by atoms with Crippen LogP contribution in [0, 0.1) is 15.9 Å². The molecule has 3 unspecified atom stereocenters. The predicted octanol–water partition coefficient (Wildman–Crippen LogP) is 5.27. The third kappa shape index (κ3) is 6.16. The molecule has 0 radical (unpaired) electrons. The van der Waals surface area contributed by atoms with Gasteiger partial charge in [-0.15, -0.1) is 0 Å². The molecule has 0 bridgehead atoms. The topological polar surface area (TPSA) is 115 Å². The van der Waals surface area contributed by atoms with Crippen LogP contribution >= 0.6 is 0 Å². The van der Waals surface area contributed by atoms with E-state index in [1.165, 1.54) is 12.1 Å². The summed E-state index contributed by atoms with van der Waals surface area (Å²) >= 11 is 0. The van der Waals surface area contributed by atoms with Crippen LogP contribution in [0.25, 0.3) is 17.3 Å². The van der Waals surface area contributed by atoms with Crippen LogP contribution in [-0.4, -0.2) is 43.3 Å². The molecule has 218 valence electrons. The minimum Gasteiger partial charge on any atom is -0.488 e. The normalized spacial score (nSPS) is 19.4. The zero-order chi connectivity index (χ0) is 30.2. The van der Waals surface area contributed by atoms with Gasteiger partial charge < -0.3 is 9.84 Å². The second-order valence-electron chi connectivity index (χ2n) is 10.6. The molecule has 1 aliphatic heterocycles. The molecule has 4 rings (SSSR count). The summed E-state index contributed by atoms with van der Waals surface area (Å²) in [5.41, 5.74) is -5.91. The minimum atomic E-state index is -5.50. The zero-order valence-electron chi connectivity index (χ0n) is 22.2. The number of nitrogens with zero attached hydrogens (tertiary/aromatic N) is 2. The number of pyridine rings is 1. The molecule has 2 N–H and O–H groups in total. The van der Waals surface area contributed by atoms with Crippen molar-refractivity contribution < 1.29 is 36.5 Å². The number of aromatic nitrogens is 1. The van der Waals surface area contributed by atoms with E-state index in [1.54, 1.807) is 63.3 Å². The maximum absolute atomic E-state index is 14.3. The highest BCUT2D eigenvalue weighted by Gasteiger charge is 2.61. The van der Waals surface area contributed by atoms with Crippen LogP contribution in [0.15, 0.2) is 66.7 Å². The van der Waals surface area contributed by atoms with Crippen LogP contribution in [-0.2, 0) is 22.1 Å². The van der Waals surface area contributed by atoms with E-state index in [0.29, 0.717) is 0 Å². The van der Waals surface area contributed by atoms with Crippen molar-refractivity contribution in [2.75, 3.05) is 13.2 Å². The Balaban J connectivity index is 2.03. The summed E-state index contributed by atoms with van der Waals surface area (Å²) < 4.78 is 78.0. The van der Waals surface area contributed by atoms with Crippen molar-refractivity contribution in [1.29, 1.82) is 0 Å². The zero-order valence-corrected chi connectivity index (χ0v) is 23.1. The molecule has 0 spiro atoms. The summed E-state index contributed by atoms with van der Waals surface area (Å²) in [7, 11) is -1.78. The second-order valence-corrected chi connectivity index (χ2v) is 12.5. The number of benzene rings is 2. The molecule has 0 saturated carbocycles. The van der Waals surface area contributed by atoms with E-state index in [1.807, 2.05) is 0 Å². The van der Waals surface area contributed by atoms with Gasteiger partial charge in [-0.3, -0.25) is 10.1 Å². The molecule has 0 aliphatic carbocycles. The van der Waals surface area contributed by atoms with Crippen molar-refractivity contribution in [3.63, 3.8) is 0 Å². The summed E-state index contributed by atoms with van der Waals surface area (Å²) in [6.45, 7) is 2.93. The smallest absolute Gasteiger partial charge is 0.429 e. The van der Waals surface area contributed by atoms with Gasteiger partial charge in [-0.05, 0) is 56.7 Å². The lowest BCUT2D eigenvalue weighted by Crippen LogP contribution is -2.50. The van der Waals surface area contributed by atoms with Gasteiger partial charge in [0.15, 0.2) is 5.75 Å². The largest absolute Gasteiger partial charge is 0.488 e. The van der Waals surface area contributed by atoms with Crippen LogP contribution < -0.4 is 9.46 Å². The fourth-order valence-electron chi connectivity index (χ4n) is 4.17. The van der Waals surface area contributed by atoms with Crippen molar-refractivity contribution in [3.8, 4) is 17.0 Å². The Morgan fingerprint density at radius 3 is 2.34 bits per heavy atom. The highest BCUT2D eigenvalue weighted by Crippen LogP contribution is 2.48. The van der Waals surface area contributed by atoms with E-state index < -0.39 is 56.0 Å². The number of aliphatic hydroxyl groups is 1. The maximum Gasteiger partial charge on any atom is 0.429 e. The lowest BCUT2D eigenvalue weighted by atomic mass is 9.87. The fraction of sp³-hybridized carbons (Fsp3) is 0.321. The molecule has 0 amide bonds. The summed E-state index contributed by atoms with van der Waals surface area (Å²) in [6, 6.07) is 14.4. The van der Waals surface area contributed by atoms with Crippen LogP contribution in [0.4, 0.5) is 17.6 Å². The van der Waals surface area contributed by atoms with Gasteiger partial charge in [0.1, 0.15) is 23.7 Å². The van der Waals surface area contributed by atoms with Crippen molar-refractivity contribution in [2.24, 2.45) is 0 Å². The monoisotopic (exact) mass is 593 g/mol. The first-order valence-electron chi connectivity index (χ1n) is 12.4. The first-order chi connectivity index (χ1) is 19.1. The molecule has 8 nitrogen and oxygen atoms in total. The molecule has 2 heterocycles. The second kappa shape index (κ2) is 11.0. The molecule has 3 aromatic rings. The molecular weight excluding hydrogens is 566 g/mol. The predicted molar refractivity (Wildman–Crippen MR) is 145 cm³/mol. The van der Waals surface area contributed by atoms with Crippen molar-refractivity contribution >= 4 is 17.1 Å². The number of rotatable bonds is 8. The Labute approximate surface area is 235 Å². The van der Waals surface area contributed by atoms with Gasteiger partial charge in [-0.25, -0.2) is 18.3 Å². The van der Waals surface area contributed by atoms with E-state index in [9.17, 15) is 37.0 Å². The van der Waals surface area contributed by atoms with E-state index >= 15 is 0 Å². The summed E-state index contributed by atoms with van der Waals surface area (Å²) in [5, 5.41) is 22.1.